The molecule has 0 spiro atoms. The molecular weight excluding hydrogens is 368 g/mol. The number of para-hydroxylation sites is 1. The lowest BCUT2D eigenvalue weighted by atomic mass is 10.1. The lowest BCUT2D eigenvalue weighted by molar-refractivity contribution is -0.136. The van der Waals surface area contributed by atoms with Gasteiger partial charge in [0.2, 0.25) is 0 Å². The van der Waals surface area contributed by atoms with Crippen molar-refractivity contribution in [3.8, 4) is 5.75 Å². The largest absolute Gasteiger partial charge is 0.497 e. The van der Waals surface area contributed by atoms with Crippen LogP contribution in [0.4, 0.5) is 0 Å². The fraction of sp³-hybridized carbons (Fsp3) is 0.105. The highest BCUT2D eigenvalue weighted by molar-refractivity contribution is 8.01. The van der Waals surface area contributed by atoms with E-state index in [1.54, 1.807) is 36.3 Å². The molecule has 0 unspecified atom stereocenters. The third kappa shape index (κ3) is 3.49. The predicted molar refractivity (Wildman–Crippen MR) is 105 cm³/mol. The van der Waals surface area contributed by atoms with E-state index in [0.29, 0.717) is 17.0 Å². The zero-order valence-electron chi connectivity index (χ0n) is 13.8. The predicted octanol–water partition coefficient (Wildman–Crippen LogP) is 4.39. The molecule has 1 aliphatic rings. The Kier molecular flexibility index (Phi) is 4.73. The number of thioether (sulfide) groups is 1. The van der Waals surface area contributed by atoms with Crippen LogP contribution in [0.15, 0.2) is 63.6 Å². The van der Waals surface area contributed by atoms with E-state index in [-0.39, 0.29) is 0 Å². The van der Waals surface area contributed by atoms with Crippen molar-refractivity contribution < 1.29 is 14.4 Å². The molecule has 0 fully saturated rings. The fourth-order valence-electron chi connectivity index (χ4n) is 2.47. The Morgan fingerprint density at radius 1 is 1.19 bits per heavy atom. The quantitative estimate of drug-likeness (QED) is 0.372. The second-order valence-corrected chi connectivity index (χ2v) is 7.74. The maximum atomic E-state index is 12.0. The van der Waals surface area contributed by atoms with Gasteiger partial charge in [-0.15, -0.1) is 11.3 Å². The van der Waals surface area contributed by atoms with Crippen LogP contribution in [0.1, 0.15) is 5.56 Å². The van der Waals surface area contributed by atoms with Crippen LogP contribution in [0.5, 0.6) is 5.75 Å². The maximum absolute atomic E-state index is 12.0. The molecule has 0 amide bonds. The van der Waals surface area contributed by atoms with Gasteiger partial charge in [0.1, 0.15) is 11.5 Å². The number of ether oxygens (including phenoxy) is 1. The summed E-state index contributed by atoms with van der Waals surface area (Å²) >= 11 is 3.18. The van der Waals surface area contributed by atoms with Gasteiger partial charge in [-0.2, -0.15) is 0 Å². The Hall–Kier alpha value is -2.64. The fourth-order valence-corrected chi connectivity index (χ4v) is 4.48. The molecule has 7 heteroatoms. The standard InChI is InChI=1S/C19H14N2O3S2/c1-23-13-8-6-12(7-9-13)10-14-16(21-24-18(14)22)11-25-19-20-15-4-2-3-5-17(15)26-19/h2-10H,11H2,1H3. The van der Waals surface area contributed by atoms with Crippen LogP contribution in [0.3, 0.4) is 0 Å². The SMILES string of the molecule is COc1ccc(C=C2C(=O)ON=C2CSc2nc3ccccc3s2)cc1. The van der Waals surface area contributed by atoms with Gasteiger partial charge >= 0.3 is 5.97 Å². The molecule has 2 heterocycles. The van der Waals surface area contributed by atoms with Gasteiger partial charge in [0.05, 0.1) is 22.9 Å². The molecule has 0 bridgehead atoms. The minimum Gasteiger partial charge on any atom is -0.497 e. The van der Waals surface area contributed by atoms with Crippen molar-refractivity contribution in [3.63, 3.8) is 0 Å². The first-order valence-corrected chi connectivity index (χ1v) is 9.66. The van der Waals surface area contributed by atoms with Gasteiger partial charge in [-0.1, -0.05) is 41.2 Å². The van der Waals surface area contributed by atoms with Gasteiger partial charge in [-0.3, -0.25) is 0 Å². The highest BCUT2D eigenvalue weighted by Crippen LogP contribution is 2.30. The maximum Gasteiger partial charge on any atom is 0.367 e. The van der Waals surface area contributed by atoms with Gasteiger partial charge in [0.25, 0.3) is 0 Å². The number of hydrogen-bond donors (Lipinski definition) is 0. The lowest BCUT2D eigenvalue weighted by Crippen LogP contribution is -2.07. The van der Waals surface area contributed by atoms with Crippen LogP contribution in [0.25, 0.3) is 16.3 Å². The third-order valence-electron chi connectivity index (χ3n) is 3.80. The zero-order chi connectivity index (χ0) is 17.9. The number of benzene rings is 2. The molecule has 3 aromatic rings. The molecule has 0 saturated heterocycles. The summed E-state index contributed by atoms with van der Waals surface area (Å²) in [5.74, 6) is 0.857. The normalized spacial score (nSPS) is 15.3. The minimum absolute atomic E-state index is 0.430. The van der Waals surface area contributed by atoms with Crippen LogP contribution in [0.2, 0.25) is 0 Å². The average Bonchev–Trinajstić information content (AvgIpc) is 3.24. The zero-order valence-corrected chi connectivity index (χ0v) is 15.5. The van der Waals surface area contributed by atoms with E-state index >= 15 is 0 Å². The molecule has 4 rings (SSSR count). The number of thiazole rings is 1. The summed E-state index contributed by atoms with van der Waals surface area (Å²) in [5, 5.41) is 3.93. The van der Waals surface area contributed by atoms with Crippen LogP contribution in [-0.2, 0) is 9.63 Å². The molecule has 1 aliphatic heterocycles. The van der Waals surface area contributed by atoms with Gasteiger partial charge in [0.15, 0.2) is 4.34 Å². The molecule has 130 valence electrons. The van der Waals surface area contributed by atoms with Gasteiger partial charge in [0, 0.05) is 5.75 Å². The number of aromatic nitrogens is 1. The smallest absolute Gasteiger partial charge is 0.367 e. The molecule has 0 N–H and O–H groups in total. The first-order valence-electron chi connectivity index (χ1n) is 7.85. The summed E-state index contributed by atoms with van der Waals surface area (Å²) in [4.78, 5) is 21.5. The van der Waals surface area contributed by atoms with Crippen LogP contribution in [-0.4, -0.2) is 29.5 Å². The van der Waals surface area contributed by atoms with Crippen molar-refractivity contribution in [2.75, 3.05) is 12.9 Å². The van der Waals surface area contributed by atoms with Gasteiger partial charge < -0.3 is 9.57 Å². The van der Waals surface area contributed by atoms with E-state index in [4.69, 9.17) is 9.57 Å². The Balaban J connectivity index is 1.51. The Labute approximate surface area is 158 Å². The highest BCUT2D eigenvalue weighted by atomic mass is 32.2. The number of fused-ring (bicyclic) bond motifs is 1. The number of oxime groups is 1. The van der Waals surface area contributed by atoms with Crippen LogP contribution < -0.4 is 4.74 Å². The van der Waals surface area contributed by atoms with Crippen molar-refractivity contribution >= 4 is 51.1 Å². The van der Waals surface area contributed by atoms with E-state index in [1.807, 2.05) is 48.5 Å². The van der Waals surface area contributed by atoms with Crippen molar-refractivity contribution in [1.82, 2.24) is 4.98 Å². The second-order valence-electron chi connectivity index (χ2n) is 5.48. The Morgan fingerprint density at radius 2 is 2.00 bits per heavy atom. The topological polar surface area (TPSA) is 60.8 Å². The molecule has 0 saturated carbocycles. The van der Waals surface area contributed by atoms with Crippen LogP contribution in [0, 0.1) is 0 Å². The summed E-state index contributed by atoms with van der Waals surface area (Å²) in [5.41, 5.74) is 2.96. The molecule has 2 aromatic carbocycles. The molecule has 0 radical (unpaired) electrons. The molecule has 26 heavy (non-hydrogen) atoms. The first-order chi connectivity index (χ1) is 12.7. The van der Waals surface area contributed by atoms with E-state index in [9.17, 15) is 4.79 Å². The van der Waals surface area contributed by atoms with E-state index in [0.717, 1.165) is 25.9 Å². The number of methoxy groups -OCH3 is 1. The highest BCUT2D eigenvalue weighted by Gasteiger charge is 2.25. The van der Waals surface area contributed by atoms with Gasteiger partial charge in [-0.25, -0.2) is 9.78 Å². The number of carbonyl (C=O) groups excluding carboxylic acids is 1. The molecule has 0 aliphatic carbocycles. The number of rotatable bonds is 5. The second kappa shape index (κ2) is 7.31. The van der Waals surface area contributed by atoms with Crippen LogP contribution >= 0.6 is 23.1 Å². The number of hydrogen-bond acceptors (Lipinski definition) is 7. The number of nitrogens with zero attached hydrogens (tertiary/aromatic N) is 2. The van der Waals surface area contributed by atoms with Crippen molar-refractivity contribution in [2.45, 2.75) is 4.34 Å². The Morgan fingerprint density at radius 3 is 2.77 bits per heavy atom. The van der Waals surface area contributed by atoms with Crippen molar-refractivity contribution in [1.29, 1.82) is 0 Å². The molecule has 0 atom stereocenters. The molecular formula is C19H14N2O3S2. The first kappa shape index (κ1) is 16.8. The summed E-state index contributed by atoms with van der Waals surface area (Å²) in [6.07, 6.45) is 1.78. The van der Waals surface area contributed by atoms with Crippen molar-refractivity contribution in [3.05, 3.63) is 59.7 Å². The number of carbonyl (C=O) groups is 1. The average molecular weight is 382 g/mol. The van der Waals surface area contributed by atoms with E-state index in [1.165, 1.54) is 0 Å². The third-order valence-corrected chi connectivity index (χ3v) is 5.99. The van der Waals surface area contributed by atoms with Gasteiger partial charge in [-0.05, 0) is 35.9 Å². The summed E-state index contributed by atoms with van der Waals surface area (Å²) in [7, 11) is 1.62. The monoisotopic (exact) mass is 382 g/mol. The summed E-state index contributed by atoms with van der Waals surface area (Å²) in [6.45, 7) is 0. The minimum atomic E-state index is -0.430. The Bertz CT molecular complexity index is 990. The molecule has 1 aromatic heterocycles. The van der Waals surface area contributed by atoms with E-state index in [2.05, 4.69) is 10.1 Å². The lowest BCUT2D eigenvalue weighted by Gasteiger charge is -2.01. The van der Waals surface area contributed by atoms with Crippen molar-refractivity contribution in [2.24, 2.45) is 5.16 Å². The summed E-state index contributed by atoms with van der Waals surface area (Å²) in [6, 6.07) is 15.5. The molecule has 5 nitrogen and oxygen atoms in total. The van der Waals surface area contributed by atoms with E-state index < -0.39 is 5.97 Å². The summed E-state index contributed by atoms with van der Waals surface area (Å²) < 4.78 is 7.23.